The Morgan fingerprint density at radius 2 is 2.22 bits per heavy atom. The molecule has 2 aromatic rings. The fourth-order valence-electron chi connectivity index (χ4n) is 1.58. The summed E-state index contributed by atoms with van der Waals surface area (Å²) in [5.41, 5.74) is 4.04. The molecule has 0 aromatic carbocycles. The van der Waals surface area contributed by atoms with E-state index in [0.29, 0.717) is 12.5 Å². The Labute approximate surface area is 115 Å². The van der Waals surface area contributed by atoms with Crippen LogP contribution < -0.4 is 5.32 Å². The second-order valence-electron chi connectivity index (χ2n) is 4.18. The van der Waals surface area contributed by atoms with Crippen molar-refractivity contribution >= 4 is 27.8 Å². The van der Waals surface area contributed by atoms with Crippen molar-refractivity contribution < 1.29 is 4.74 Å². The molecule has 2 aromatic heterocycles. The molecular formula is C12H17N3OS2. The summed E-state index contributed by atoms with van der Waals surface area (Å²) in [7, 11) is 1.70. The molecule has 0 aliphatic rings. The maximum absolute atomic E-state index is 5.00. The first kappa shape index (κ1) is 13.5. The van der Waals surface area contributed by atoms with Gasteiger partial charge in [0.05, 0.1) is 28.4 Å². The number of ether oxygens (including phenoxy) is 1. The van der Waals surface area contributed by atoms with Crippen molar-refractivity contribution in [1.29, 1.82) is 0 Å². The second-order valence-corrected chi connectivity index (χ2v) is 5.89. The Morgan fingerprint density at radius 3 is 2.94 bits per heavy atom. The highest BCUT2D eigenvalue weighted by Crippen LogP contribution is 2.33. The number of nitrogens with one attached hydrogen (secondary N) is 1. The van der Waals surface area contributed by atoms with Crippen molar-refractivity contribution in [2.24, 2.45) is 0 Å². The van der Waals surface area contributed by atoms with Gasteiger partial charge in [-0.05, 0) is 5.92 Å². The van der Waals surface area contributed by atoms with Crippen LogP contribution in [0.3, 0.4) is 0 Å². The predicted molar refractivity (Wildman–Crippen MR) is 77.7 cm³/mol. The van der Waals surface area contributed by atoms with E-state index < -0.39 is 0 Å². The fraction of sp³-hybridized carbons (Fsp3) is 0.500. The first-order valence-corrected chi connectivity index (χ1v) is 7.60. The van der Waals surface area contributed by atoms with Crippen LogP contribution >= 0.6 is 22.7 Å². The monoisotopic (exact) mass is 283 g/mol. The van der Waals surface area contributed by atoms with E-state index in [2.05, 4.69) is 34.5 Å². The number of methoxy groups -OCH3 is 1. The van der Waals surface area contributed by atoms with E-state index in [-0.39, 0.29) is 0 Å². The molecule has 0 radical (unpaired) electrons. The topological polar surface area (TPSA) is 47.0 Å². The summed E-state index contributed by atoms with van der Waals surface area (Å²) in [4.78, 5) is 10.2. The fourth-order valence-corrected chi connectivity index (χ4v) is 3.29. The number of hydrogen-bond donors (Lipinski definition) is 1. The van der Waals surface area contributed by atoms with Gasteiger partial charge in [-0.1, -0.05) is 13.8 Å². The van der Waals surface area contributed by atoms with Gasteiger partial charge in [0, 0.05) is 19.0 Å². The smallest absolute Gasteiger partial charge is 0.183 e. The van der Waals surface area contributed by atoms with Crippen LogP contribution in [0.2, 0.25) is 0 Å². The van der Waals surface area contributed by atoms with Crippen molar-refractivity contribution in [3.8, 4) is 10.6 Å². The van der Waals surface area contributed by atoms with E-state index in [1.54, 1.807) is 29.8 Å². The van der Waals surface area contributed by atoms with E-state index in [1.807, 2.05) is 5.51 Å². The van der Waals surface area contributed by atoms with Gasteiger partial charge in [0.1, 0.15) is 0 Å². The van der Waals surface area contributed by atoms with Crippen LogP contribution in [0.4, 0.5) is 5.13 Å². The molecule has 6 heteroatoms. The molecule has 1 N–H and O–H groups in total. The second kappa shape index (κ2) is 6.26. The summed E-state index contributed by atoms with van der Waals surface area (Å²) in [5, 5.41) is 6.26. The Morgan fingerprint density at radius 1 is 1.39 bits per heavy atom. The highest BCUT2D eigenvalue weighted by atomic mass is 32.1. The van der Waals surface area contributed by atoms with E-state index in [0.717, 1.165) is 23.1 Å². The van der Waals surface area contributed by atoms with Gasteiger partial charge < -0.3 is 10.1 Å². The number of hydrogen-bond acceptors (Lipinski definition) is 6. The molecule has 2 rings (SSSR count). The van der Waals surface area contributed by atoms with Crippen LogP contribution in [0.15, 0.2) is 10.9 Å². The van der Waals surface area contributed by atoms with Crippen molar-refractivity contribution in [3.63, 3.8) is 0 Å². The summed E-state index contributed by atoms with van der Waals surface area (Å²) in [6.45, 7) is 5.78. The average Bonchev–Trinajstić information content (AvgIpc) is 2.96. The summed E-state index contributed by atoms with van der Waals surface area (Å²) >= 11 is 3.27. The maximum atomic E-state index is 5.00. The molecule has 0 spiro atoms. The van der Waals surface area contributed by atoms with Gasteiger partial charge >= 0.3 is 0 Å². The summed E-state index contributed by atoms with van der Waals surface area (Å²) in [5.74, 6) is 0.429. The molecule has 0 atom stereocenters. The zero-order valence-corrected chi connectivity index (χ0v) is 12.4. The first-order chi connectivity index (χ1) is 8.72. The van der Waals surface area contributed by atoms with Crippen LogP contribution in [0.25, 0.3) is 10.6 Å². The lowest BCUT2D eigenvalue weighted by Gasteiger charge is -2.03. The molecule has 0 bridgehead atoms. The Hall–Kier alpha value is -0.980. The van der Waals surface area contributed by atoms with Gasteiger partial charge in [0.2, 0.25) is 0 Å². The van der Waals surface area contributed by atoms with E-state index in [9.17, 15) is 0 Å². The molecule has 0 unspecified atom stereocenters. The molecule has 98 valence electrons. The predicted octanol–water partition coefficient (Wildman–Crippen LogP) is 3.45. The average molecular weight is 283 g/mol. The van der Waals surface area contributed by atoms with E-state index in [1.165, 1.54) is 4.88 Å². The van der Waals surface area contributed by atoms with Crippen LogP contribution in [0, 0.1) is 0 Å². The number of thiazole rings is 2. The SMILES string of the molecule is COCCNc1nc(-c2scnc2C(C)C)cs1. The molecule has 0 aliphatic heterocycles. The molecule has 4 nitrogen and oxygen atoms in total. The van der Waals surface area contributed by atoms with Crippen molar-refractivity contribution in [3.05, 3.63) is 16.6 Å². The lowest BCUT2D eigenvalue weighted by molar-refractivity contribution is 0.211. The van der Waals surface area contributed by atoms with Crippen LogP contribution in [0.1, 0.15) is 25.5 Å². The summed E-state index contributed by atoms with van der Waals surface area (Å²) in [6, 6.07) is 0. The maximum Gasteiger partial charge on any atom is 0.183 e. The molecular weight excluding hydrogens is 266 g/mol. The third kappa shape index (κ3) is 3.07. The highest BCUT2D eigenvalue weighted by molar-refractivity contribution is 7.15. The van der Waals surface area contributed by atoms with Crippen molar-refractivity contribution in [2.75, 3.05) is 25.6 Å². The van der Waals surface area contributed by atoms with Crippen molar-refractivity contribution in [1.82, 2.24) is 9.97 Å². The number of aromatic nitrogens is 2. The molecule has 0 amide bonds. The Balaban J connectivity index is 2.11. The molecule has 2 heterocycles. The van der Waals surface area contributed by atoms with Gasteiger partial charge in [0.15, 0.2) is 5.13 Å². The summed E-state index contributed by atoms with van der Waals surface area (Å²) < 4.78 is 5.00. The van der Waals surface area contributed by atoms with Crippen molar-refractivity contribution in [2.45, 2.75) is 19.8 Å². The van der Waals surface area contributed by atoms with Crippen LogP contribution in [-0.2, 0) is 4.74 Å². The normalized spacial score (nSPS) is 11.1. The van der Waals surface area contributed by atoms with Gasteiger partial charge in [0.25, 0.3) is 0 Å². The van der Waals surface area contributed by atoms with Gasteiger partial charge in [-0.2, -0.15) is 0 Å². The number of anilines is 1. The molecule has 0 fully saturated rings. The quantitative estimate of drug-likeness (QED) is 0.825. The minimum atomic E-state index is 0.429. The van der Waals surface area contributed by atoms with Crippen LogP contribution in [0.5, 0.6) is 0 Å². The van der Waals surface area contributed by atoms with Gasteiger partial charge in [-0.25, -0.2) is 9.97 Å². The lowest BCUT2D eigenvalue weighted by atomic mass is 10.1. The van der Waals surface area contributed by atoms with Gasteiger partial charge in [-0.15, -0.1) is 22.7 Å². The lowest BCUT2D eigenvalue weighted by Crippen LogP contribution is -2.07. The zero-order valence-electron chi connectivity index (χ0n) is 10.8. The minimum absolute atomic E-state index is 0.429. The Bertz CT molecular complexity index is 493. The minimum Gasteiger partial charge on any atom is -0.383 e. The van der Waals surface area contributed by atoms with Crippen LogP contribution in [-0.4, -0.2) is 30.2 Å². The Kier molecular flexibility index (Phi) is 4.68. The van der Waals surface area contributed by atoms with E-state index in [4.69, 9.17) is 4.74 Å². The largest absolute Gasteiger partial charge is 0.383 e. The molecule has 0 saturated heterocycles. The molecule has 0 aliphatic carbocycles. The number of nitrogens with zero attached hydrogens (tertiary/aromatic N) is 2. The standard InChI is InChI=1S/C12H17N3OS2/c1-8(2)10-11(18-7-14-10)9-6-17-12(15-9)13-4-5-16-3/h6-8H,4-5H2,1-3H3,(H,13,15). The van der Waals surface area contributed by atoms with Gasteiger partial charge in [-0.3, -0.25) is 0 Å². The molecule has 18 heavy (non-hydrogen) atoms. The molecule has 0 saturated carbocycles. The third-order valence-electron chi connectivity index (χ3n) is 2.46. The first-order valence-electron chi connectivity index (χ1n) is 5.84. The number of rotatable bonds is 6. The summed E-state index contributed by atoms with van der Waals surface area (Å²) in [6.07, 6.45) is 0. The zero-order chi connectivity index (χ0) is 13.0. The third-order valence-corrected chi connectivity index (χ3v) is 4.13. The highest BCUT2D eigenvalue weighted by Gasteiger charge is 2.14. The van der Waals surface area contributed by atoms with E-state index >= 15 is 0 Å².